The summed E-state index contributed by atoms with van der Waals surface area (Å²) in [5, 5.41) is 3.54. The molecule has 106 valence electrons. The van der Waals surface area contributed by atoms with Crippen LogP contribution in [0.5, 0.6) is 0 Å². The fourth-order valence-corrected chi connectivity index (χ4v) is 2.67. The van der Waals surface area contributed by atoms with Crippen molar-refractivity contribution in [3.63, 3.8) is 0 Å². The molecule has 0 amide bonds. The van der Waals surface area contributed by atoms with Gasteiger partial charge in [-0.2, -0.15) is 0 Å². The third kappa shape index (κ3) is 3.24. The van der Waals surface area contributed by atoms with Crippen LogP contribution in [0.1, 0.15) is 37.5 Å². The predicted molar refractivity (Wildman–Crippen MR) is 92.0 cm³/mol. The molecule has 2 aromatic carbocycles. The van der Waals surface area contributed by atoms with Crippen LogP contribution in [0.3, 0.4) is 0 Å². The third-order valence-electron chi connectivity index (χ3n) is 3.53. The van der Waals surface area contributed by atoms with Crippen molar-refractivity contribution in [3.8, 4) is 0 Å². The number of hydrogen-bond acceptors (Lipinski definition) is 1. The van der Waals surface area contributed by atoms with Gasteiger partial charge in [-0.3, -0.25) is 0 Å². The van der Waals surface area contributed by atoms with Crippen molar-refractivity contribution in [1.82, 2.24) is 0 Å². The Bertz CT molecular complexity index is 601. The molecule has 0 heterocycles. The van der Waals surface area contributed by atoms with Gasteiger partial charge in [0.15, 0.2) is 0 Å². The van der Waals surface area contributed by atoms with Crippen molar-refractivity contribution in [2.24, 2.45) is 0 Å². The van der Waals surface area contributed by atoms with Crippen LogP contribution in [0.15, 0.2) is 40.9 Å². The first kappa shape index (κ1) is 15.1. The van der Waals surface area contributed by atoms with Gasteiger partial charge in [-0.25, -0.2) is 0 Å². The van der Waals surface area contributed by atoms with E-state index in [9.17, 15) is 0 Å². The van der Waals surface area contributed by atoms with Crippen molar-refractivity contribution >= 4 is 27.3 Å². The Morgan fingerprint density at radius 3 is 2.00 bits per heavy atom. The SMILES string of the molecule is Cc1cc(C(C)(C)C)cc(C)c1Nc1ccccc1Br. The second-order valence-electron chi connectivity index (χ2n) is 6.34. The lowest BCUT2D eigenvalue weighted by molar-refractivity contribution is 0.589. The molecule has 2 rings (SSSR count). The van der Waals surface area contributed by atoms with Crippen LogP contribution in [0, 0.1) is 13.8 Å². The first-order chi connectivity index (χ1) is 9.29. The van der Waals surface area contributed by atoms with E-state index in [0.717, 1.165) is 10.2 Å². The monoisotopic (exact) mass is 331 g/mol. The quantitative estimate of drug-likeness (QED) is 0.700. The van der Waals surface area contributed by atoms with Gasteiger partial charge in [0.05, 0.1) is 5.69 Å². The number of benzene rings is 2. The smallest absolute Gasteiger partial charge is 0.0528 e. The predicted octanol–water partition coefficient (Wildman–Crippen LogP) is 6.11. The highest BCUT2D eigenvalue weighted by Gasteiger charge is 2.16. The molecule has 2 aromatic rings. The molecule has 0 atom stereocenters. The number of para-hydroxylation sites is 1. The average Bonchev–Trinajstić information content (AvgIpc) is 2.34. The zero-order valence-corrected chi connectivity index (χ0v) is 14.4. The van der Waals surface area contributed by atoms with E-state index >= 15 is 0 Å². The largest absolute Gasteiger partial charge is 0.354 e. The van der Waals surface area contributed by atoms with Crippen LogP contribution in [0.4, 0.5) is 11.4 Å². The summed E-state index contributed by atoms with van der Waals surface area (Å²) in [6, 6.07) is 12.8. The maximum Gasteiger partial charge on any atom is 0.0528 e. The normalized spacial score (nSPS) is 11.5. The molecule has 0 aliphatic rings. The summed E-state index contributed by atoms with van der Waals surface area (Å²) < 4.78 is 1.08. The fourth-order valence-electron chi connectivity index (χ4n) is 2.29. The molecule has 20 heavy (non-hydrogen) atoms. The lowest BCUT2D eigenvalue weighted by atomic mass is 9.85. The average molecular weight is 332 g/mol. The van der Waals surface area contributed by atoms with Crippen LogP contribution >= 0.6 is 15.9 Å². The highest BCUT2D eigenvalue weighted by atomic mass is 79.9. The second-order valence-corrected chi connectivity index (χ2v) is 7.19. The van der Waals surface area contributed by atoms with Crippen LogP contribution in [0.25, 0.3) is 0 Å². The van der Waals surface area contributed by atoms with Gasteiger partial charge in [0.25, 0.3) is 0 Å². The van der Waals surface area contributed by atoms with Gasteiger partial charge in [-0.05, 0) is 64.0 Å². The van der Waals surface area contributed by atoms with Crippen molar-refractivity contribution in [2.45, 2.75) is 40.0 Å². The Balaban J connectivity index is 2.42. The lowest BCUT2D eigenvalue weighted by Crippen LogP contribution is -2.12. The molecule has 0 radical (unpaired) electrons. The van der Waals surface area contributed by atoms with E-state index in [1.807, 2.05) is 12.1 Å². The summed E-state index contributed by atoms with van der Waals surface area (Å²) in [5.41, 5.74) is 6.43. The van der Waals surface area contributed by atoms with Crippen LogP contribution in [-0.2, 0) is 5.41 Å². The maximum absolute atomic E-state index is 3.59. The van der Waals surface area contributed by atoms with Gasteiger partial charge < -0.3 is 5.32 Å². The molecule has 0 bridgehead atoms. The Labute approximate surface area is 130 Å². The molecule has 0 aliphatic heterocycles. The topological polar surface area (TPSA) is 12.0 Å². The summed E-state index contributed by atoms with van der Waals surface area (Å²) >= 11 is 3.59. The standard InChI is InChI=1S/C18H22BrN/c1-12-10-14(18(3,4)5)11-13(2)17(12)20-16-9-7-6-8-15(16)19/h6-11,20H,1-5H3. The summed E-state index contributed by atoms with van der Waals surface area (Å²) in [6.07, 6.45) is 0. The van der Waals surface area contributed by atoms with E-state index in [1.165, 1.54) is 22.4 Å². The number of nitrogens with one attached hydrogen (secondary N) is 1. The molecule has 0 saturated heterocycles. The summed E-state index contributed by atoms with van der Waals surface area (Å²) in [4.78, 5) is 0. The molecule has 0 spiro atoms. The van der Waals surface area contributed by atoms with Gasteiger partial charge in [0.2, 0.25) is 0 Å². The van der Waals surface area contributed by atoms with Crippen molar-refractivity contribution in [2.75, 3.05) is 5.32 Å². The maximum atomic E-state index is 3.59. The first-order valence-electron chi connectivity index (χ1n) is 6.92. The minimum absolute atomic E-state index is 0.182. The molecule has 0 fully saturated rings. The molecule has 1 N–H and O–H groups in total. The highest BCUT2D eigenvalue weighted by molar-refractivity contribution is 9.10. The van der Waals surface area contributed by atoms with Gasteiger partial charge >= 0.3 is 0 Å². The van der Waals surface area contributed by atoms with E-state index in [2.05, 4.69) is 80.1 Å². The van der Waals surface area contributed by atoms with Gasteiger partial charge in [0.1, 0.15) is 0 Å². The van der Waals surface area contributed by atoms with Gasteiger partial charge in [-0.1, -0.05) is 45.0 Å². The number of hydrogen-bond donors (Lipinski definition) is 1. The zero-order valence-electron chi connectivity index (χ0n) is 12.8. The van der Waals surface area contributed by atoms with Crippen molar-refractivity contribution in [3.05, 3.63) is 57.6 Å². The zero-order chi connectivity index (χ0) is 14.9. The fraction of sp³-hybridized carbons (Fsp3) is 0.333. The Hall–Kier alpha value is -1.28. The van der Waals surface area contributed by atoms with E-state index in [0.29, 0.717) is 0 Å². The van der Waals surface area contributed by atoms with E-state index in [-0.39, 0.29) is 5.41 Å². The van der Waals surface area contributed by atoms with Crippen LogP contribution < -0.4 is 5.32 Å². The molecular formula is C18H22BrN. The molecule has 0 aromatic heterocycles. The van der Waals surface area contributed by atoms with Crippen LogP contribution in [0.2, 0.25) is 0 Å². The van der Waals surface area contributed by atoms with Crippen molar-refractivity contribution in [1.29, 1.82) is 0 Å². The number of halogens is 1. The molecular weight excluding hydrogens is 310 g/mol. The molecule has 0 saturated carbocycles. The first-order valence-corrected chi connectivity index (χ1v) is 7.71. The highest BCUT2D eigenvalue weighted by Crippen LogP contribution is 2.33. The third-order valence-corrected chi connectivity index (χ3v) is 4.22. The lowest BCUT2D eigenvalue weighted by Gasteiger charge is -2.23. The van der Waals surface area contributed by atoms with E-state index < -0.39 is 0 Å². The molecule has 0 unspecified atom stereocenters. The van der Waals surface area contributed by atoms with Crippen molar-refractivity contribution < 1.29 is 0 Å². The van der Waals surface area contributed by atoms with Crippen LogP contribution in [-0.4, -0.2) is 0 Å². The Kier molecular flexibility index (Phi) is 4.24. The van der Waals surface area contributed by atoms with Gasteiger partial charge in [0, 0.05) is 10.2 Å². The second kappa shape index (κ2) is 5.61. The number of aryl methyl sites for hydroxylation is 2. The van der Waals surface area contributed by atoms with Gasteiger partial charge in [-0.15, -0.1) is 0 Å². The minimum atomic E-state index is 0.182. The molecule has 0 aliphatic carbocycles. The summed E-state index contributed by atoms with van der Waals surface area (Å²) in [5.74, 6) is 0. The molecule has 1 nitrogen and oxygen atoms in total. The molecule has 2 heteroatoms. The Morgan fingerprint density at radius 2 is 1.50 bits per heavy atom. The Morgan fingerprint density at radius 1 is 0.950 bits per heavy atom. The van der Waals surface area contributed by atoms with E-state index in [1.54, 1.807) is 0 Å². The number of anilines is 2. The summed E-state index contributed by atoms with van der Waals surface area (Å²) in [6.45, 7) is 11.1. The van der Waals surface area contributed by atoms with E-state index in [4.69, 9.17) is 0 Å². The number of rotatable bonds is 2. The minimum Gasteiger partial charge on any atom is -0.354 e. The summed E-state index contributed by atoms with van der Waals surface area (Å²) in [7, 11) is 0.